The Labute approximate surface area is 318 Å². The number of nitrogens with zero attached hydrogens (tertiary/aromatic N) is 3. The van der Waals surface area contributed by atoms with E-state index in [-0.39, 0.29) is 60.7 Å². The second-order valence-corrected chi connectivity index (χ2v) is 16.5. The summed E-state index contributed by atoms with van der Waals surface area (Å²) in [6.07, 6.45) is 6.78. The van der Waals surface area contributed by atoms with Gasteiger partial charge in [-0.05, 0) is 54.4 Å². The van der Waals surface area contributed by atoms with E-state index in [4.69, 9.17) is 0 Å². The van der Waals surface area contributed by atoms with E-state index in [1.807, 2.05) is 47.6 Å². The summed E-state index contributed by atoms with van der Waals surface area (Å²) in [6, 6.07) is 7.07. The van der Waals surface area contributed by atoms with Crippen LogP contribution in [0.4, 0.5) is 0 Å². The molecule has 0 bridgehead atoms. The van der Waals surface area contributed by atoms with Gasteiger partial charge in [0.2, 0.25) is 17.6 Å². The van der Waals surface area contributed by atoms with Gasteiger partial charge in [-0.1, -0.05) is 84.7 Å². The maximum absolute atomic E-state index is 14.6. The molecule has 12 heteroatoms. The van der Waals surface area contributed by atoms with Gasteiger partial charge >= 0.3 is 5.97 Å². The monoisotopic (exact) mass is 744 g/mol. The Balaban J connectivity index is 1.52. The molecule has 1 aliphatic heterocycles. The molecule has 0 spiro atoms. The van der Waals surface area contributed by atoms with Gasteiger partial charge in [-0.2, -0.15) is 0 Å². The van der Waals surface area contributed by atoms with Gasteiger partial charge in [0.25, 0.3) is 0 Å². The second-order valence-electron chi connectivity index (χ2n) is 16.5. The number of likely N-dealkylation sites (tertiary alicyclic amines) is 1. The topological polar surface area (TPSA) is 181 Å². The highest BCUT2D eigenvalue weighted by Gasteiger charge is 2.52. The minimum atomic E-state index is -1.17. The highest BCUT2D eigenvalue weighted by Crippen LogP contribution is 2.44. The number of aromatic nitrogens is 2. The van der Waals surface area contributed by atoms with Crippen LogP contribution in [0.1, 0.15) is 109 Å². The van der Waals surface area contributed by atoms with E-state index < -0.39 is 71.0 Å². The quantitative estimate of drug-likeness (QED) is 0.141. The first-order valence-electron chi connectivity index (χ1n) is 19.3. The average molecular weight is 745 g/mol. The number of hydrogen-bond donors (Lipinski definition) is 2. The van der Waals surface area contributed by atoms with Crippen LogP contribution < -0.4 is 5.32 Å². The van der Waals surface area contributed by atoms with Gasteiger partial charge < -0.3 is 15.3 Å². The van der Waals surface area contributed by atoms with E-state index in [1.165, 1.54) is 18.6 Å². The molecule has 4 rings (SSSR count). The molecule has 0 radical (unpaired) electrons. The normalized spacial score (nSPS) is 20.4. The summed E-state index contributed by atoms with van der Waals surface area (Å²) in [6.45, 7) is 11.4. The van der Waals surface area contributed by atoms with Crippen molar-refractivity contribution in [2.45, 2.75) is 111 Å². The molecule has 1 aromatic carbocycles. The first-order valence-corrected chi connectivity index (χ1v) is 19.3. The first-order chi connectivity index (χ1) is 25.5. The number of fused-ring (bicyclic) bond motifs is 1. The molecular formula is C42H56N4O8. The Hall–Kier alpha value is -4.61. The van der Waals surface area contributed by atoms with E-state index in [0.717, 1.165) is 24.8 Å². The predicted molar refractivity (Wildman–Crippen MR) is 201 cm³/mol. The Morgan fingerprint density at radius 1 is 0.944 bits per heavy atom. The van der Waals surface area contributed by atoms with Crippen molar-refractivity contribution in [1.29, 1.82) is 0 Å². The van der Waals surface area contributed by atoms with Crippen LogP contribution in [0.15, 0.2) is 48.9 Å². The van der Waals surface area contributed by atoms with Crippen molar-refractivity contribution < 1.29 is 38.7 Å². The SMILES string of the molecule is CCCC(CC(=O)[C@@H]1[C@H]2CCC[C@H]2CN1C(=O)[C@@H](NC(=O)[C@H](CC(=O)c1cnccn1)C(C)C)C(C)(C)C)C(=O)C(=O)C[C@@H](Cc1ccccc1)C(=O)O. The summed E-state index contributed by atoms with van der Waals surface area (Å²) in [4.78, 5) is 104. The Morgan fingerprint density at radius 3 is 2.24 bits per heavy atom. The lowest BCUT2D eigenvalue weighted by Crippen LogP contribution is -2.58. The molecule has 7 atom stereocenters. The lowest BCUT2D eigenvalue weighted by molar-refractivity contribution is -0.147. The lowest BCUT2D eigenvalue weighted by Gasteiger charge is -2.37. The molecule has 1 aromatic heterocycles. The number of carbonyl (C=O) groups excluding carboxylic acids is 6. The minimum absolute atomic E-state index is 0.0866. The van der Waals surface area contributed by atoms with Gasteiger partial charge in [0.1, 0.15) is 11.7 Å². The Morgan fingerprint density at radius 2 is 1.65 bits per heavy atom. The van der Waals surface area contributed by atoms with Gasteiger partial charge in [-0.3, -0.25) is 38.5 Å². The standard InChI is InChI=1S/C42H56N4O8/c1-7-12-27(37(50)35(49)21-29(41(53)54)19-26-13-9-8-10-14-26)20-34(48)36-30-16-11-15-28(30)24-46(36)40(52)38(42(4,5)6)45-39(51)31(25(2)3)22-33(47)32-23-43-17-18-44-32/h8-10,13-14,17-18,23,25,27-31,36,38H,7,11-12,15-16,19-22,24H2,1-6H3,(H,45,51)(H,53,54)/t27?,28-,29+,30-,31+,36-,38+/m0/s1. The third kappa shape index (κ3) is 10.5. The molecule has 2 aliphatic rings. The molecule has 1 saturated heterocycles. The van der Waals surface area contributed by atoms with Crippen LogP contribution in [0.2, 0.25) is 0 Å². The van der Waals surface area contributed by atoms with E-state index >= 15 is 0 Å². The molecule has 2 N–H and O–H groups in total. The van der Waals surface area contributed by atoms with Crippen molar-refractivity contribution in [3.63, 3.8) is 0 Å². The number of rotatable bonds is 19. The third-order valence-electron chi connectivity index (χ3n) is 11.1. The number of aliphatic carboxylic acids is 1. The second kappa shape index (κ2) is 18.6. The molecule has 2 fully saturated rings. The maximum Gasteiger partial charge on any atom is 0.307 e. The van der Waals surface area contributed by atoms with Crippen LogP contribution in [0.5, 0.6) is 0 Å². The fraction of sp³-hybridized carbons (Fsp3) is 0.595. The molecule has 2 aromatic rings. The average Bonchev–Trinajstić information content (AvgIpc) is 3.73. The van der Waals surface area contributed by atoms with Crippen molar-refractivity contribution in [3.8, 4) is 0 Å². The van der Waals surface area contributed by atoms with Gasteiger partial charge in [-0.25, -0.2) is 4.98 Å². The smallest absolute Gasteiger partial charge is 0.307 e. The van der Waals surface area contributed by atoms with Crippen LogP contribution >= 0.6 is 0 Å². The predicted octanol–water partition coefficient (Wildman–Crippen LogP) is 5.33. The zero-order chi connectivity index (χ0) is 39.7. The summed E-state index contributed by atoms with van der Waals surface area (Å²) in [5.41, 5.74) is 0.129. The molecule has 292 valence electrons. The van der Waals surface area contributed by atoms with Gasteiger partial charge in [-0.15, -0.1) is 0 Å². The summed E-state index contributed by atoms with van der Waals surface area (Å²) in [5, 5.41) is 12.8. The summed E-state index contributed by atoms with van der Waals surface area (Å²) < 4.78 is 0. The molecule has 2 heterocycles. The van der Waals surface area contributed by atoms with Crippen LogP contribution in [-0.2, 0) is 35.2 Å². The number of carbonyl (C=O) groups is 7. The van der Waals surface area contributed by atoms with Crippen molar-refractivity contribution in [2.24, 2.45) is 40.9 Å². The molecular weight excluding hydrogens is 688 g/mol. The van der Waals surface area contributed by atoms with Gasteiger partial charge in [0.15, 0.2) is 17.3 Å². The van der Waals surface area contributed by atoms with Crippen molar-refractivity contribution in [2.75, 3.05) is 6.54 Å². The van der Waals surface area contributed by atoms with E-state index in [2.05, 4.69) is 15.3 Å². The van der Waals surface area contributed by atoms with E-state index in [9.17, 15) is 38.7 Å². The molecule has 54 heavy (non-hydrogen) atoms. The molecule has 1 aliphatic carbocycles. The fourth-order valence-electron chi connectivity index (χ4n) is 8.12. The van der Waals surface area contributed by atoms with E-state index in [1.54, 1.807) is 29.2 Å². The zero-order valence-electron chi connectivity index (χ0n) is 32.5. The van der Waals surface area contributed by atoms with E-state index in [0.29, 0.717) is 13.0 Å². The minimum Gasteiger partial charge on any atom is -0.481 e. The van der Waals surface area contributed by atoms with Crippen molar-refractivity contribution >= 4 is 40.9 Å². The first kappa shape index (κ1) is 42.1. The fourth-order valence-corrected chi connectivity index (χ4v) is 8.12. The maximum atomic E-state index is 14.6. The van der Waals surface area contributed by atoms with Crippen molar-refractivity contribution in [3.05, 3.63) is 60.2 Å². The number of Topliss-reactive ketones (excluding diaryl/α,β-unsaturated/α-hetero) is 4. The Kier molecular flexibility index (Phi) is 14.5. The van der Waals surface area contributed by atoms with Crippen LogP contribution in [0, 0.1) is 40.9 Å². The number of benzene rings is 1. The Bertz CT molecular complexity index is 1670. The largest absolute Gasteiger partial charge is 0.481 e. The number of hydrogen-bond acceptors (Lipinski definition) is 9. The lowest BCUT2D eigenvalue weighted by atomic mass is 9.82. The summed E-state index contributed by atoms with van der Waals surface area (Å²) in [5.74, 6) is -7.25. The van der Waals surface area contributed by atoms with Crippen LogP contribution in [-0.4, -0.2) is 79.5 Å². The molecule has 2 amide bonds. The highest BCUT2D eigenvalue weighted by atomic mass is 16.4. The van der Waals surface area contributed by atoms with Crippen LogP contribution in [0.25, 0.3) is 0 Å². The number of amides is 2. The van der Waals surface area contributed by atoms with Crippen molar-refractivity contribution in [1.82, 2.24) is 20.2 Å². The molecule has 1 saturated carbocycles. The molecule has 12 nitrogen and oxygen atoms in total. The number of carboxylic acids is 1. The number of nitrogens with one attached hydrogen (secondary N) is 1. The zero-order valence-corrected chi connectivity index (χ0v) is 32.5. The summed E-state index contributed by atoms with van der Waals surface area (Å²) in [7, 11) is 0. The third-order valence-corrected chi connectivity index (χ3v) is 11.1. The highest BCUT2D eigenvalue weighted by molar-refractivity contribution is 6.38. The van der Waals surface area contributed by atoms with Gasteiger partial charge in [0, 0.05) is 50.0 Å². The number of carboxylic acid groups (broad SMARTS) is 1. The number of ketones is 4. The summed E-state index contributed by atoms with van der Waals surface area (Å²) >= 11 is 0. The molecule has 1 unspecified atom stereocenters. The van der Waals surface area contributed by atoms with Gasteiger partial charge in [0.05, 0.1) is 18.2 Å². The van der Waals surface area contributed by atoms with Crippen LogP contribution in [0.3, 0.4) is 0 Å².